The standard InChI is InChI=1S/C28H36N6O2/c1-6-24(32-14-16-33(17-15-32)25(35)7-2)22-10-8-21(9-11-22)20(5)30-28-29-18-23-12-13-26(36)34(19(3)4)27(23)31-28/h7-13,18-20,24H,2,6,14-17H2,1,3-5H3,(H,29,30,31)/t20-,24+/m1/s1. The highest BCUT2D eigenvalue weighted by atomic mass is 16.2. The van der Waals surface area contributed by atoms with E-state index >= 15 is 0 Å². The van der Waals surface area contributed by atoms with E-state index in [1.54, 1.807) is 22.9 Å². The first-order valence-corrected chi connectivity index (χ1v) is 12.7. The summed E-state index contributed by atoms with van der Waals surface area (Å²) in [6.45, 7) is 15.0. The van der Waals surface area contributed by atoms with Crippen LogP contribution in [0, 0.1) is 0 Å². The number of rotatable bonds is 8. The number of pyridine rings is 1. The molecule has 0 bridgehead atoms. The number of fused-ring (bicyclic) bond motifs is 1. The molecule has 0 saturated carbocycles. The van der Waals surface area contributed by atoms with Gasteiger partial charge in [-0.25, -0.2) is 4.98 Å². The van der Waals surface area contributed by atoms with E-state index in [1.807, 2.05) is 18.7 Å². The molecule has 1 aliphatic rings. The third-order valence-corrected chi connectivity index (χ3v) is 6.98. The van der Waals surface area contributed by atoms with Crippen LogP contribution in [0.4, 0.5) is 5.95 Å². The summed E-state index contributed by atoms with van der Waals surface area (Å²) in [6, 6.07) is 12.3. The Morgan fingerprint density at radius 1 is 1.06 bits per heavy atom. The van der Waals surface area contributed by atoms with Gasteiger partial charge in [-0.3, -0.25) is 19.1 Å². The van der Waals surface area contributed by atoms with Gasteiger partial charge < -0.3 is 10.2 Å². The Morgan fingerprint density at radius 3 is 2.33 bits per heavy atom. The second-order valence-electron chi connectivity index (χ2n) is 9.63. The first-order valence-electron chi connectivity index (χ1n) is 12.7. The lowest BCUT2D eigenvalue weighted by molar-refractivity contribution is -0.128. The van der Waals surface area contributed by atoms with E-state index in [0.717, 1.165) is 43.5 Å². The average molecular weight is 489 g/mol. The van der Waals surface area contributed by atoms with E-state index in [1.165, 1.54) is 11.6 Å². The van der Waals surface area contributed by atoms with Gasteiger partial charge >= 0.3 is 0 Å². The molecule has 0 aliphatic carbocycles. The normalized spacial score (nSPS) is 16.2. The van der Waals surface area contributed by atoms with Gasteiger partial charge in [0.2, 0.25) is 11.9 Å². The summed E-state index contributed by atoms with van der Waals surface area (Å²) >= 11 is 0. The molecule has 3 aromatic rings. The first-order chi connectivity index (χ1) is 17.3. The van der Waals surface area contributed by atoms with Gasteiger partial charge in [-0.2, -0.15) is 4.98 Å². The predicted octanol–water partition coefficient (Wildman–Crippen LogP) is 4.33. The van der Waals surface area contributed by atoms with Crippen LogP contribution in [-0.2, 0) is 4.79 Å². The summed E-state index contributed by atoms with van der Waals surface area (Å²) < 4.78 is 1.69. The van der Waals surface area contributed by atoms with Crippen LogP contribution in [0.1, 0.15) is 63.4 Å². The van der Waals surface area contributed by atoms with E-state index in [2.05, 4.69) is 64.9 Å². The zero-order chi connectivity index (χ0) is 25.8. The lowest BCUT2D eigenvalue weighted by Crippen LogP contribution is -2.49. The molecule has 4 rings (SSSR count). The Morgan fingerprint density at radius 2 is 1.72 bits per heavy atom. The quantitative estimate of drug-likeness (QED) is 0.475. The molecule has 190 valence electrons. The Labute approximate surface area is 212 Å². The van der Waals surface area contributed by atoms with E-state index < -0.39 is 0 Å². The molecule has 8 nitrogen and oxygen atoms in total. The summed E-state index contributed by atoms with van der Waals surface area (Å²) in [4.78, 5) is 37.7. The van der Waals surface area contributed by atoms with Crippen molar-refractivity contribution in [2.45, 2.75) is 52.2 Å². The maximum absolute atomic E-state index is 12.4. The Kier molecular flexibility index (Phi) is 7.84. The molecule has 1 N–H and O–H groups in total. The Hall–Kier alpha value is -3.52. The molecule has 1 aromatic carbocycles. The molecule has 0 radical (unpaired) electrons. The van der Waals surface area contributed by atoms with Crippen molar-refractivity contribution in [3.63, 3.8) is 0 Å². The van der Waals surface area contributed by atoms with Crippen molar-refractivity contribution >= 4 is 22.9 Å². The molecule has 0 spiro atoms. The zero-order valence-corrected chi connectivity index (χ0v) is 21.6. The number of anilines is 1. The minimum Gasteiger partial charge on any atom is -0.348 e. The molecule has 36 heavy (non-hydrogen) atoms. The monoisotopic (exact) mass is 488 g/mol. The van der Waals surface area contributed by atoms with Gasteiger partial charge in [-0.05, 0) is 50.5 Å². The van der Waals surface area contributed by atoms with Crippen molar-refractivity contribution in [2.75, 3.05) is 31.5 Å². The maximum Gasteiger partial charge on any atom is 0.252 e. The van der Waals surface area contributed by atoms with Crippen LogP contribution in [0.5, 0.6) is 0 Å². The average Bonchev–Trinajstić information content (AvgIpc) is 2.89. The van der Waals surface area contributed by atoms with Gasteiger partial charge in [-0.15, -0.1) is 0 Å². The van der Waals surface area contributed by atoms with Crippen molar-refractivity contribution in [3.05, 3.63) is 76.7 Å². The zero-order valence-electron chi connectivity index (χ0n) is 21.6. The van der Waals surface area contributed by atoms with Gasteiger partial charge in [0, 0.05) is 55.9 Å². The van der Waals surface area contributed by atoms with Crippen molar-refractivity contribution < 1.29 is 4.79 Å². The largest absolute Gasteiger partial charge is 0.348 e. The van der Waals surface area contributed by atoms with E-state index in [0.29, 0.717) is 17.6 Å². The van der Waals surface area contributed by atoms with E-state index in [9.17, 15) is 9.59 Å². The van der Waals surface area contributed by atoms with Crippen molar-refractivity contribution in [1.29, 1.82) is 0 Å². The molecule has 1 fully saturated rings. The Balaban J connectivity index is 1.46. The van der Waals surface area contributed by atoms with Crippen LogP contribution in [-0.4, -0.2) is 56.4 Å². The molecule has 1 amide bonds. The summed E-state index contributed by atoms with van der Waals surface area (Å²) in [7, 11) is 0. The van der Waals surface area contributed by atoms with Crippen LogP contribution >= 0.6 is 0 Å². The lowest BCUT2D eigenvalue weighted by Gasteiger charge is -2.39. The smallest absolute Gasteiger partial charge is 0.252 e. The van der Waals surface area contributed by atoms with Crippen molar-refractivity contribution in [1.82, 2.24) is 24.3 Å². The summed E-state index contributed by atoms with van der Waals surface area (Å²) in [5.74, 6) is 0.508. The molecule has 8 heteroatoms. The first kappa shape index (κ1) is 25.6. The molecule has 2 atom stereocenters. The fourth-order valence-electron chi connectivity index (χ4n) is 4.98. The molecule has 0 unspecified atom stereocenters. The van der Waals surface area contributed by atoms with Gasteiger partial charge in [0.15, 0.2) is 0 Å². The highest BCUT2D eigenvalue weighted by molar-refractivity contribution is 5.87. The van der Waals surface area contributed by atoms with Crippen LogP contribution < -0.4 is 10.9 Å². The van der Waals surface area contributed by atoms with E-state index in [4.69, 9.17) is 0 Å². The summed E-state index contributed by atoms with van der Waals surface area (Å²) in [5, 5.41) is 4.23. The number of benzene rings is 1. The van der Waals surface area contributed by atoms with Crippen LogP contribution in [0.3, 0.4) is 0 Å². The summed E-state index contributed by atoms with van der Waals surface area (Å²) in [5.41, 5.74) is 2.98. The van der Waals surface area contributed by atoms with Gasteiger partial charge in [0.25, 0.3) is 5.56 Å². The fourth-order valence-corrected chi connectivity index (χ4v) is 4.98. The number of nitrogens with zero attached hydrogens (tertiary/aromatic N) is 5. The van der Waals surface area contributed by atoms with Crippen molar-refractivity contribution in [2.24, 2.45) is 0 Å². The topological polar surface area (TPSA) is 83.4 Å². The van der Waals surface area contributed by atoms with Gasteiger partial charge in [0.05, 0.1) is 6.04 Å². The fraction of sp³-hybridized carbons (Fsp3) is 0.429. The number of hydrogen-bond acceptors (Lipinski definition) is 6. The lowest BCUT2D eigenvalue weighted by atomic mass is 9.98. The number of nitrogens with one attached hydrogen (secondary N) is 1. The molecular weight excluding hydrogens is 452 g/mol. The Bertz CT molecular complexity index is 1280. The van der Waals surface area contributed by atoms with Crippen molar-refractivity contribution in [3.8, 4) is 0 Å². The second kappa shape index (κ2) is 11.0. The van der Waals surface area contributed by atoms with Gasteiger partial charge in [0.1, 0.15) is 5.65 Å². The number of carbonyl (C=O) groups excluding carboxylic acids is 1. The minimum atomic E-state index is -0.0648. The highest BCUT2D eigenvalue weighted by Crippen LogP contribution is 2.27. The number of amides is 1. The third-order valence-electron chi connectivity index (χ3n) is 6.98. The third kappa shape index (κ3) is 5.33. The molecule has 1 aliphatic heterocycles. The molecule has 2 aromatic heterocycles. The summed E-state index contributed by atoms with van der Waals surface area (Å²) in [6.07, 6.45) is 4.16. The maximum atomic E-state index is 12.4. The van der Waals surface area contributed by atoms with Gasteiger partial charge in [-0.1, -0.05) is 37.8 Å². The molecule has 3 heterocycles. The van der Waals surface area contributed by atoms with Crippen LogP contribution in [0.25, 0.3) is 11.0 Å². The molecular formula is C28H36N6O2. The highest BCUT2D eigenvalue weighted by Gasteiger charge is 2.25. The van der Waals surface area contributed by atoms with Crippen LogP contribution in [0.2, 0.25) is 0 Å². The SMILES string of the molecule is C=CC(=O)N1CCN([C@@H](CC)c2ccc([C@@H](C)Nc3ncc4ccc(=O)n(C(C)C)c4n3)cc2)CC1. The minimum absolute atomic E-state index is 0.00545. The number of piperazine rings is 1. The molecule has 1 saturated heterocycles. The number of hydrogen-bond donors (Lipinski definition) is 1. The predicted molar refractivity (Wildman–Crippen MR) is 144 cm³/mol. The van der Waals surface area contributed by atoms with Crippen LogP contribution in [0.15, 0.2) is 60.0 Å². The van der Waals surface area contributed by atoms with E-state index in [-0.39, 0.29) is 23.6 Å². The second-order valence-corrected chi connectivity index (χ2v) is 9.63. The number of carbonyl (C=O) groups is 1. The number of aromatic nitrogens is 3.